The molecule has 1 aromatic carbocycles. The molecule has 1 aromatic rings. The molecule has 3 rings (SSSR count). The molecule has 0 unspecified atom stereocenters. The van der Waals surface area contributed by atoms with Gasteiger partial charge in [-0.2, -0.15) is 4.31 Å². The Labute approximate surface area is 133 Å². The van der Waals surface area contributed by atoms with Crippen LogP contribution in [0.5, 0.6) is 0 Å². The molecule has 2 aliphatic heterocycles. The molecule has 0 N–H and O–H groups in total. The zero-order valence-electron chi connectivity index (χ0n) is 11.7. The molecule has 0 atom stereocenters. The van der Waals surface area contributed by atoms with Crippen molar-refractivity contribution in [1.82, 2.24) is 9.21 Å². The van der Waals surface area contributed by atoms with E-state index in [1.807, 2.05) is 0 Å². The van der Waals surface area contributed by atoms with Crippen molar-refractivity contribution in [3.8, 4) is 0 Å². The Kier molecular flexibility index (Phi) is 3.96. The van der Waals surface area contributed by atoms with Gasteiger partial charge in [-0.15, -0.1) is 0 Å². The zero-order chi connectivity index (χ0) is 15.9. The monoisotopic (exact) mass is 342 g/mol. The highest BCUT2D eigenvalue weighted by molar-refractivity contribution is 7.88. The average molecular weight is 343 g/mol. The first kappa shape index (κ1) is 15.5. The number of carbonyl (C=O) groups excluding carboxylic acids is 2. The predicted molar refractivity (Wildman–Crippen MR) is 80.5 cm³/mol. The third kappa shape index (κ3) is 2.88. The topological polar surface area (TPSA) is 74.8 Å². The van der Waals surface area contributed by atoms with Crippen LogP contribution in [0.2, 0.25) is 5.02 Å². The van der Waals surface area contributed by atoms with E-state index < -0.39 is 10.0 Å². The van der Waals surface area contributed by atoms with Gasteiger partial charge in [0.15, 0.2) is 0 Å². The highest BCUT2D eigenvalue weighted by atomic mass is 35.5. The van der Waals surface area contributed by atoms with Crippen LogP contribution >= 0.6 is 11.6 Å². The van der Waals surface area contributed by atoms with Gasteiger partial charge in [0.05, 0.1) is 11.8 Å². The van der Waals surface area contributed by atoms with Crippen molar-refractivity contribution in [2.45, 2.75) is 24.6 Å². The fourth-order valence-corrected chi connectivity index (χ4v) is 4.41. The molecule has 2 heterocycles. The third-order valence-electron chi connectivity index (χ3n) is 3.94. The normalized spacial score (nSPS) is 20.5. The summed E-state index contributed by atoms with van der Waals surface area (Å²) >= 11 is 5.77. The minimum atomic E-state index is -3.45. The lowest BCUT2D eigenvalue weighted by Crippen LogP contribution is -2.62. The van der Waals surface area contributed by atoms with Crippen molar-refractivity contribution in [3.05, 3.63) is 34.9 Å². The summed E-state index contributed by atoms with van der Waals surface area (Å²) in [5, 5.41) is 0.552. The number of hydrogen-bond acceptors (Lipinski definition) is 4. The van der Waals surface area contributed by atoms with Crippen LogP contribution in [0, 0.1) is 0 Å². The second-order valence-electron chi connectivity index (χ2n) is 5.51. The molecule has 2 fully saturated rings. The number of benzene rings is 1. The SMILES string of the molecule is O=C1CCC(=O)N1C1CN(S(=O)(=O)Cc2ccc(Cl)cc2)C1. The molecule has 22 heavy (non-hydrogen) atoms. The Balaban J connectivity index is 1.62. The molecule has 2 saturated heterocycles. The maximum Gasteiger partial charge on any atom is 0.230 e. The van der Waals surface area contributed by atoms with Crippen molar-refractivity contribution in [1.29, 1.82) is 0 Å². The van der Waals surface area contributed by atoms with Gasteiger partial charge in [-0.25, -0.2) is 8.42 Å². The van der Waals surface area contributed by atoms with Gasteiger partial charge in [-0.3, -0.25) is 14.5 Å². The van der Waals surface area contributed by atoms with Crippen LogP contribution < -0.4 is 0 Å². The lowest BCUT2D eigenvalue weighted by atomic mass is 10.1. The smallest absolute Gasteiger partial charge is 0.230 e. The van der Waals surface area contributed by atoms with E-state index in [1.54, 1.807) is 24.3 Å². The number of amides is 2. The van der Waals surface area contributed by atoms with Gasteiger partial charge in [0.1, 0.15) is 0 Å². The number of rotatable bonds is 4. The van der Waals surface area contributed by atoms with Crippen molar-refractivity contribution in [3.63, 3.8) is 0 Å². The fourth-order valence-electron chi connectivity index (χ4n) is 2.69. The summed E-state index contributed by atoms with van der Waals surface area (Å²) in [5.74, 6) is -0.520. The number of nitrogens with zero attached hydrogens (tertiary/aromatic N) is 2. The van der Waals surface area contributed by atoms with E-state index >= 15 is 0 Å². The molecule has 0 aromatic heterocycles. The molecular weight excluding hydrogens is 328 g/mol. The minimum Gasteiger partial charge on any atom is -0.277 e. The van der Waals surface area contributed by atoms with Crippen molar-refractivity contribution < 1.29 is 18.0 Å². The fraction of sp³-hybridized carbons (Fsp3) is 0.429. The molecule has 2 amide bonds. The van der Waals surface area contributed by atoms with Gasteiger partial charge in [0.2, 0.25) is 21.8 Å². The van der Waals surface area contributed by atoms with Gasteiger partial charge in [-0.05, 0) is 17.7 Å². The third-order valence-corrected chi connectivity index (χ3v) is 5.97. The van der Waals surface area contributed by atoms with Gasteiger partial charge < -0.3 is 0 Å². The maximum atomic E-state index is 12.3. The van der Waals surface area contributed by atoms with E-state index in [0.29, 0.717) is 10.6 Å². The Hall–Kier alpha value is -1.44. The van der Waals surface area contributed by atoms with Gasteiger partial charge in [0, 0.05) is 31.0 Å². The number of carbonyl (C=O) groups is 2. The van der Waals surface area contributed by atoms with Crippen molar-refractivity contribution in [2.75, 3.05) is 13.1 Å². The van der Waals surface area contributed by atoms with Gasteiger partial charge in [0.25, 0.3) is 0 Å². The second kappa shape index (κ2) is 5.64. The van der Waals surface area contributed by atoms with Gasteiger partial charge in [-0.1, -0.05) is 23.7 Å². The molecule has 0 radical (unpaired) electrons. The lowest BCUT2D eigenvalue weighted by Gasteiger charge is -2.41. The number of likely N-dealkylation sites (tertiary alicyclic amines) is 1. The van der Waals surface area contributed by atoms with E-state index in [9.17, 15) is 18.0 Å². The van der Waals surface area contributed by atoms with Crippen LogP contribution in [0.1, 0.15) is 18.4 Å². The molecule has 0 aliphatic carbocycles. The van der Waals surface area contributed by atoms with E-state index in [1.165, 1.54) is 9.21 Å². The quantitative estimate of drug-likeness (QED) is 0.765. The minimum absolute atomic E-state index is 0.112. The summed E-state index contributed by atoms with van der Waals surface area (Å²) in [6, 6.07) is 6.32. The number of sulfonamides is 1. The first-order chi connectivity index (χ1) is 10.4. The van der Waals surface area contributed by atoms with Crippen LogP contribution in [0.4, 0.5) is 0 Å². The summed E-state index contributed by atoms with van der Waals surface area (Å²) < 4.78 is 25.9. The Morgan fingerprint density at radius 3 is 2.14 bits per heavy atom. The molecule has 0 saturated carbocycles. The summed E-state index contributed by atoms with van der Waals surface area (Å²) in [6.45, 7) is 0.376. The molecule has 2 aliphatic rings. The first-order valence-corrected chi connectivity index (χ1v) is 8.93. The number of halogens is 1. The molecule has 8 heteroatoms. The number of hydrogen-bond donors (Lipinski definition) is 0. The van der Waals surface area contributed by atoms with Crippen LogP contribution in [-0.2, 0) is 25.4 Å². The van der Waals surface area contributed by atoms with E-state index in [-0.39, 0.29) is 49.5 Å². The van der Waals surface area contributed by atoms with E-state index in [0.717, 1.165) is 0 Å². The molecule has 118 valence electrons. The highest BCUT2D eigenvalue weighted by Crippen LogP contribution is 2.26. The Bertz CT molecular complexity index is 695. The largest absolute Gasteiger partial charge is 0.277 e. The van der Waals surface area contributed by atoms with Gasteiger partial charge >= 0.3 is 0 Å². The van der Waals surface area contributed by atoms with Crippen molar-refractivity contribution >= 4 is 33.4 Å². The highest BCUT2D eigenvalue weighted by Gasteiger charge is 2.44. The van der Waals surface area contributed by atoms with Crippen LogP contribution in [0.25, 0.3) is 0 Å². The average Bonchev–Trinajstić information content (AvgIpc) is 2.71. The predicted octanol–water partition coefficient (Wildman–Crippen LogP) is 1.00. The maximum absolute atomic E-state index is 12.3. The lowest BCUT2D eigenvalue weighted by molar-refractivity contribution is -0.143. The zero-order valence-corrected chi connectivity index (χ0v) is 13.3. The molecular formula is C14H15ClN2O4S. The van der Waals surface area contributed by atoms with Crippen LogP contribution in [-0.4, -0.2) is 48.6 Å². The van der Waals surface area contributed by atoms with Crippen LogP contribution in [0.15, 0.2) is 24.3 Å². The Morgan fingerprint density at radius 1 is 1.05 bits per heavy atom. The summed E-state index contributed by atoms with van der Waals surface area (Å²) in [4.78, 5) is 24.5. The molecule has 6 nitrogen and oxygen atoms in total. The summed E-state index contributed by atoms with van der Waals surface area (Å²) in [5.41, 5.74) is 0.654. The van der Waals surface area contributed by atoms with Crippen molar-refractivity contribution in [2.24, 2.45) is 0 Å². The van der Waals surface area contributed by atoms with E-state index in [4.69, 9.17) is 11.6 Å². The molecule has 0 spiro atoms. The van der Waals surface area contributed by atoms with Crippen LogP contribution in [0.3, 0.4) is 0 Å². The van der Waals surface area contributed by atoms with E-state index in [2.05, 4.69) is 0 Å². The summed E-state index contributed by atoms with van der Waals surface area (Å²) in [7, 11) is -3.45. The summed E-state index contributed by atoms with van der Waals surface area (Å²) in [6.07, 6.45) is 0.458. The Morgan fingerprint density at radius 2 is 1.59 bits per heavy atom. The first-order valence-electron chi connectivity index (χ1n) is 6.94. The second-order valence-corrected chi connectivity index (χ2v) is 7.92. The molecule has 0 bridgehead atoms. The standard InChI is InChI=1S/C14H15ClN2O4S/c15-11-3-1-10(2-4-11)9-22(20,21)16-7-12(8-16)17-13(18)5-6-14(17)19/h1-4,12H,5-9H2. The number of imide groups is 1.